The van der Waals surface area contributed by atoms with E-state index in [4.69, 9.17) is 0 Å². The van der Waals surface area contributed by atoms with E-state index in [1.54, 1.807) is 7.05 Å². The summed E-state index contributed by atoms with van der Waals surface area (Å²) in [5.74, 6) is 0.467. The summed E-state index contributed by atoms with van der Waals surface area (Å²) in [5.41, 5.74) is 0. The molecule has 0 amide bonds. The molecule has 1 N–H and O–H groups in total. The molecule has 98 valence electrons. The third kappa shape index (κ3) is 5.61. The van der Waals surface area contributed by atoms with Gasteiger partial charge in [0.05, 0.1) is 0 Å². The fourth-order valence-corrected chi connectivity index (χ4v) is 3.25. The second-order valence-corrected chi connectivity index (χ2v) is 7.12. The average Bonchev–Trinajstić information content (AvgIpc) is 2.14. The van der Waals surface area contributed by atoms with E-state index in [2.05, 4.69) is 34.5 Å². The van der Waals surface area contributed by atoms with Gasteiger partial charge in [-0.3, -0.25) is 0 Å². The molecule has 0 radical (unpaired) electrons. The SMILES string of the molecule is CC(C)CC(CBr)NS(=O)(=O)N(C)C(C)C. The summed E-state index contributed by atoms with van der Waals surface area (Å²) >= 11 is 3.34. The Bertz CT molecular complexity index is 291. The molecular formula is C10H23BrN2O2S. The van der Waals surface area contributed by atoms with Crippen LogP contribution in [0.4, 0.5) is 0 Å². The molecular weight excluding hydrogens is 292 g/mol. The lowest BCUT2D eigenvalue weighted by atomic mass is 10.1. The molecule has 0 bridgehead atoms. The van der Waals surface area contributed by atoms with Gasteiger partial charge in [-0.05, 0) is 26.2 Å². The molecule has 0 aliphatic heterocycles. The predicted molar refractivity (Wildman–Crippen MR) is 72.0 cm³/mol. The summed E-state index contributed by atoms with van der Waals surface area (Å²) in [4.78, 5) is 0. The minimum absolute atomic E-state index is 0.0347. The molecule has 0 aromatic heterocycles. The highest BCUT2D eigenvalue weighted by molar-refractivity contribution is 9.09. The summed E-state index contributed by atoms with van der Waals surface area (Å²) in [7, 11) is -1.77. The fourth-order valence-electron chi connectivity index (χ4n) is 1.28. The van der Waals surface area contributed by atoms with Crippen molar-refractivity contribution in [1.82, 2.24) is 9.03 Å². The van der Waals surface area contributed by atoms with Crippen LogP contribution in [0.15, 0.2) is 0 Å². The van der Waals surface area contributed by atoms with Crippen LogP contribution in [0.25, 0.3) is 0 Å². The van der Waals surface area contributed by atoms with E-state index in [1.807, 2.05) is 13.8 Å². The first-order chi connectivity index (χ1) is 7.20. The van der Waals surface area contributed by atoms with Crippen molar-refractivity contribution in [2.75, 3.05) is 12.4 Å². The van der Waals surface area contributed by atoms with Crippen LogP contribution in [0.1, 0.15) is 34.1 Å². The molecule has 1 unspecified atom stereocenters. The Labute approximate surface area is 108 Å². The van der Waals surface area contributed by atoms with Crippen molar-refractivity contribution in [2.45, 2.75) is 46.2 Å². The van der Waals surface area contributed by atoms with E-state index in [1.165, 1.54) is 4.31 Å². The zero-order chi connectivity index (χ0) is 12.9. The van der Waals surface area contributed by atoms with E-state index in [-0.39, 0.29) is 12.1 Å². The Balaban J connectivity index is 4.55. The molecule has 0 saturated carbocycles. The quantitative estimate of drug-likeness (QED) is 0.730. The molecule has 1 atom stereocenters. The highest BCUT2D eigenvalue weighted by atomic mass is 79.9. The van der Waals surface area contributed by atoms with E-state index in [9.17, 15) is 8.42 Å². The summed E-state index contributed by atoms with van der Waals surface area (Å²) in [6.45, 7) is 7.86. The van der Waals surface area contributed by atoms with Crippen LogP contribution < -0.4 is 4.72 Å². The molecule has 0 aromatic carbocycles. The van der Waals surface area contributed by atoms with E-state index in [0.717, 1.165) is 6.42 Å². The number of nitrogens with zero attached hydrogens (tertiary/aromatic N) is 1. The van der Waals surface area contributed by atoms with Crippen LogP contribution in [-0.2, 0) is 10.2 Å². The van der Waals surface area contributed by atoms with Gasteiger partial charge in [0.25, 0.3) is 10.2 Å². The van der Waals surface area contributed by atoms with Crippen LogP contribution in [0.5, 0.6) is 0 Å². The number of rotatable bonds is 7. The van der Waals surface area contributed by atoms with Crippen molar-refractivity contribution < 1.29 is 8.42 Å². The first kappa shape index (κ1) is 16.4. The number of nitrogens with one attached hydrogen (secondary N) is 1. The van der Waals surface area contributed by atoms with Crippen molar-refractivity contribution in [2.24, 2.45) is 5.92 Å². The second-order valence-electron chi connectivity index (χ2n) is 4.71. The van der Waals surface area contributed by atoms with Crippen LogP contribution in [0, 0.1) is 5.92 Å². The van der Waals surface area contributed by atoms with Crippen LogP contribution in [0.3, 0.4) is 0 Å². The standard InChI is InChI=1S/C10H23BrN2O2S/c1-8(2)6-10(7-11)12-16(14,15)13(5)9(3)4/h8-10,12H,6-7H2,1-5H3. The molecule has 0 fully saturated rings. The monoisotopic (exact) mass is 314 g/mol. The van der Waals surface area contributed by atoms with Gasteiger partial charge in [0.2, 0.25) is 0 Å². The molecule has 0 heterocycles. The zero-order valence-corrected chi connectivity index (χ0v) is 13.1. The molecule has 6 heteroatoms. The third-order valence-electron chi connectivity index (χ3n) is 2.36. The lowest BCUT2D eigenvalue weighted by Gasteiger charge is -2.25. The van der Waals surface area contributed by atoms with Crippen LogP contribution in [-0.4, -0.2) is 37.2 Å². The van der Waals surface area contributed by atoms with Gasteiger partial charge in [-0.1, -0.05) is 29.8 Å². The van der Waals surface area contributed by atoms with Gasteiger partial charge in [0.1, 0.15) is 0 Å². The van der Waals surface area contributed by atoms with E-state index in [0.29, 0.717) is 11.2 Å². The van der Waals surface area contributed by atoms with Crippen molar-refractivity contribution in [3.8, 4) is 0 Å². The van der Waals surface area contributed by atoms with Crippen molar-refractivity contribution in [3.63, 3.8) is 0 Å². The normalized spacial score (nSPS) is 15.1. The van der Waals surface area contributed by atoms with Gasteiger partial charge >= 0.3 is 0 Å². The van der Waals surface area contributed by atoms with Crippen LogP contribution in [0.2, 0.25) is 0 Å². The Morgan fingerprint density at radius 3 is 2.06 bits per heavy atom. The number of alkyl halides is 1. The van der Waals surface area contributed by atoms with E-state index < -0.39 is 10.2 Å². The smallest absolute Gasteiger partial charge is 0.198 e. The Morgan fingerprint density at radius 1 is 1.25 bits per heavy atom. The minimum atomic E-state index is -3.36. The number of hydrogen-bond acceptors (Lipinski definition) is 2. The van der Waals surface area contributed by atoms with Gasteiger partial charge in [-0.2, -0.15) is 17.4 Å². The van der Waals surface area contributed by atoms with Crippen molar-refractivity contribution in [3.05, 3.63) is 0 Å². The van der Waals surface area contributed by atoms with Crippen molar-refractivity contribution >= 4 is 26.1 Å². The highest BCUT2D eigenvalue weighted by Crippen LogP contribution is 2.10. The van der Waals surface area contributed by atoms with E-state index >= 15 is 0 Å². The third-order valence-corrected chi connectivity index (χ3v) is 4.96. The molecule has 0 rings (SSSR count). The second kappa shape index (κ2) is 6.93. The van der Waals surface area contributed by atoms with Crippen molar-refractivity contribution in [1.29, 1.82) is 0 Å². The summed E-state index contributed by atoms with van der Waals surface area (Å²) < 4.78 is 27.9. The molecule has 0 aliphatic rings. The average molecular weight is 315 g/mol. The molecule has 4 nitrogen and oxygen atoms in total. The summed E-state index contributed by atoms with van der Waals surface area (Å²) in [6, 6.07) is -0.0845. The predicted octanol–water partition coefficient (Wildman–Crippen LogP) is 1.97. The molecule has 0 aromatic rings. The topological polar surface area (TPSA) is 49.4 Å². The molecule has 0 aliphatic carbocycles. The van der Waals surface area contributed by atoms with Gasteiger partial charge in [0, 0.05) is 24.5 Å². The number of hydrogen-bond donors (Lipinski definition) is 1. The molecule has 0 spiro atoms. The Morgan fingerprint density at radius 2 is 1.75 bits per heavy atom. The summed E-state index contributed by atoms with van der Waals surface area (Å²) in [5, 5.41) is 0.635. The summed E-state index contributed by atoms with van der Waals surface area (Å²) in [6.07, 6.45) is 0.830. The van der Waals surface area contributed by atoms with Crippen LogP contribution >= 0.6 is 15.9 Å². The maximum absolute atomic E-state index is 11.9. The highest BCUT2D eigenvalue weighted by Gasteiger charge is 2.24. The Kier molecular flexibility index (Phi) is 7.09. The van der Waals surface area contributed by atoms with Gasteiger partial charge in [0.15, 0.2) is 0 Å². The van der Waals surface area contributed by atoms with Gasteiger partial charge in [-0.15, -0.1) is 0 Å². The zero-order valence-electron chi connectivity index (χ0n) is 10.7. The molecule has 16 heavy (non-hydrogen) atoms. The van der Waals surface area contributed by atoms with Gasteiger partial charge < -0.3 is 0 Å². The molecule has 0 saturated heterocycles. The first-order valence-electron chi connectivity index (χ1n) is 5.52. The fraction of sp³-hybridized carbons (Fsp3) is 1.00. The maximum Gasteiger partial charge on any atom is 0.279 e. The van der Waals surface area contributed by atoms with Gasteiger partial charge in [-0.25, -0.2) is 0 Å². The lowest BCUT2D eigenvalue weighted by molar-refractivity contribution is 0.391. The first-order valence-corrected chi connectivity index (χ1v) is 8.08. The minimum Gasteiger partial charge on any atom is -0.198 e. The lowest BCUT2D eigenvalue weighted by Crippen LogP contribution is -2.47. The maximum atomic E-state index is 11.9. The largest absolute Gasteiger partial charge is 0.279 e. The number of halogens is 1. The Hall–Kier alpha value is 0.350.